The van der Waals surface area contributed by atoms with Crippen LogP contribution in [-0.2, 0) is 17.9 Å². The van der Waals surface area contributed by atoms with Gasteiger partial charge in [0, 0.05) is 35.9 Å². The molecule has 0 saturated heterocycles. The van der Waals surface area contributed by atoms with Crippen molar-refractivity contribution in [3.8, 4) is 0 Å². The highest BCUT2D eigenvalue weighted by Crippen LogP contribution is 2.23. The molecule has 1 aromatic carbocycles. The summed E-state index contributed by atoms with van der Waals surface area (Å²) in [6.07, 6.45) is 2.94. The van der Waals surface area contributed by atoms with Gasteiger partial charge in [-0.05, 0) is 44.0 Å². The number of nitrogens with zero attached hydrogens (tertiary/aromatic N) is 2. The molecule has 3 nitrogen and oxygen atoms in total. The number of hydrogen-bond donors (Lipinski definition) is 0. The zero-order valence-corrected chi connectivity index (χ0v) is 16.6. The second-order valence-corrected chi connectivity index (χ2v) is 7.64. The SMILES string of the molecule is CCCN(Cc1cccn1Cc1ccccc1Cl)C(=O)C(C)(C)CCl. The summed E-state index contributed by atoms with van der Waals surface area (Å²) >= 11 is 12.3. The van der Waals surface area contributed by atoms with Crippen molar-refractivity contribution >= 4 is 29.1 Å². The van der Waals surface area contributed by atoms with E-state index in [4.69, 9.17) is 23.2 Å². The van der Waals surface area contributed by atoms with Crippen LogP contribution in [0.25, 0.3) is 0 Å². The molecule has 0 aliphatic rings. The molecule has 0 radical (unpaired) electrons. The number of hydrogen-bond acceptors (Lipinski definition) is 1. The number of amides is 1. The van der Waals surface area contributed by atoms with Crippen molar-refractivity contribution in [2.24, 2.45) is 5.41 Å². The minimum Gasteiger partial charge on any atom is -0.345 e. The summed E-state index contributed by atoms with van der Waals surface area (Å²) in [5.74, 6) is 0.405. The largest absolute Gasteiger partial charge is 0.345 e. The summed E-state index contributed by atoms with van der Waals surface area (Å²) in [6, 6.07) is 11.9. The molecule has 0 N–H and O–H groups in total. The van der Waals surface area contributed by atoms with E-state index in [-0.39, 0.29) is 5.91 Å². The Labute approximate surface area is 160 Å². The molecule has 1 amide bonds. The fourth-order valence-electron chi connectivity index (χ4n) is 2.76. The number of alkyl halides is 1. The van der Waals surface area contributed by atoms with Gasteiger partial charge in [0.2, 0.25) is 5.91 Å². The summed E-state index contributed by atoms with van der Waals surface area (Å²) in [6.45, 7) is 7.86. The van der Waals surface area contributed by atoms with Gasteiger partial charge < -0.3 is 9.47 Å². The van der Waals surface area contributed by atoms with E-state index in [1.807, 2.05) is 55.3 Å². The average molecular weight is 381 g/mol. The predicted molar refractivity (Wildman–Crippen MR) is 105 cm³/mol. The molecule has 0 unspecified atom stereocenters. The third-order valence-electron chi connectivity index (χ3n) is 4.27. The maximum Gasteiger partial charge on any atom is 0.229 e. The standard InChI is InChI=1S/C20H26Cl2N2O/c1-4-11-24(19(25)20(2,3)15-21)14-17-9-7-12-23(17)13-16-8-5-6-10-18(16)22/h5-10,12H,4,11,13-15H2,1-3H3. The lowest BCUT2D eigenvalue weighted by Crippen LogP contribution is -2.42. The van der Waals surface area contributed by atoms with Crippen molar-refractivity contribution in [2.45, 2.75) is 40.3 Å². The zero-order valence-electron chi connectivity index (χ0n) is 15.1. The molecule has 136 valence electrons. The highest BCUT2D eigenvalue weighted by Gasteiger charge is 2.31. The maximum atomic E-state index is 12.8. The van der Waals surface area contributed by atoms with E-state index in [0.717, 1.165) is 29.2 Å². The monoisotopic (exact) mass is 380 g/mol. The first-order chi connectivity index (χ1) is 11.9. The molecule has 1 heterocycles. The number of aromatic nitrogens is 1. The Morgan fingerprint density at radius 1 is 1.20 bits per heavy atom. The topological polar surface area (TPSA) is 25.2 Å². The highest BCUT2D eigenvalue weighted by atomic mass is 35.5. The minimum absolute atomic E-state index is 0.0924. The van der Waals surface area contributed by atoms with Crippen LogP contribution in [0.4, 0.5) is 0 Å². The van der Waals surface area contributed by atoms with Gasteiger partial charge in [0.25, 0.3) is 0 Å². The van der Waals surface area contributed by atoms with Crippen molar-refractivity contribution in [3.63, 3.8) is 0 Å². The van der Waals surface area contributed by atoms with Gasteiger partial charge in [-0.15, -0.1) is 11.6 Å². The molecule has 25 heavy (non-hydrogen) atoms. The van der Waals surface area contributed by atoms with Gasteiger partial charge in [-0.3, -0.25) is 4.79 Å². The van der Waals surface area contributed by atoms with E-state index in [2.05, 4.69) is 17.6 Å². The minimum atomic E-state index is -0.559. The van der Waals surface area contributed by atoms with Crippen molar-refractivity contribution in [2.75, 3.05) is 12.4 Å². The quantitative estimate of drug-likeness (QED) is 0.578. The third-order valence-corrected chi connectivity index (χ3v) is 5.31. The second kappa shape index (κ2) is 8.77. The lowest BCUT2D eigenvalue weighted by Gasteiger charge is -2.31. The molecule has 0 fully saturated rings. The summed E-state index contributed by atoms with van der Waals surface area (Å²) in [7, 11) is 0. The normalized spacial score (nSPS) is 11.6. The fourth-order valence-corrected chi connectivity index (χ4v) is 3.07. The van der Waals surface area contributed by atoms with Crippen LogP contribution in [-0.4, -0.2) is 27.8 Å². The number of rotatable bonds is 8. The van der Waals surface area contributed by atoms with E-state index >= 15 is 0 Å². The van der Waals surface area contributed by atoms with Crippen LogP contribution >= 0.6 is 23.2 Å². The van der Waals surface area contributed by atoms with Gasteiger partial charge in [0.1, 0.15) is 0 Å². The molecule has 0 saturated carbocycles. The first-order valence-electron chi connectivity index (χ1n) is 8.61. The van der Waals surface area contributed by atoms with Crippen LogP contribution in [0.3, 0.4) is 0 Å². The molecular formula is C20H26Cl2N2O. The third kappa shape index (κ3) is 5.02. The van der Waals surface area contributed by atoms with Gasteiger partial charge in [0.15, 0.2) is 0 Å². The molecule has 5 heteroatoms. The van der Waals surface area contributed by atoms with Crippen molar-refractivity contribution in [1.82, 2.24) is 9.47 Å². The molecule has 0 atom stereocenters. The Morgan fingerprint density at radius 3 is 2.56 bits per heavy atom. The lowest BCUT2D eigenvalue weighted by molar-refractivity contribution is -0.140. The van der Waals surface area contributed by atoms with E-state index < -0.39 is 5.41 Å². The van der Waals surface area contributed by atoms with E-state index in [1.54, 1.807) is 0 Å². The van der Waals surface area contributed by atoms with Crippen LogP contribution in [0, 0.1) is 5.41 Å². The average Bonchev–Trinajstić information content (AvgIpc) is 3.02. The molecular weight excluding hydrogens is 355 g/mol. The number of carbonyl (C=O) groups is 1. The molecule has 0 spiro atoms. The molecule has 2 rings (SSSR count). The smallest absolute Gasteiger partial charge is 0.229 e. The second-order valence-electron chi connectivity index (χ2n) is 6.96. The van der Waals surface area contributed by atoms with Crippen molar-refractivity contribution < 1.29 is 4.79 Å². The van der Waals surface area contributed by atoms with Crippen LogP contribution in [0.1, 0.15) is 38.4 Å². The highest BCUT2D eigenvalue weighted by molar-refractivity contribution is 6.31. The Morgan fingerprint density at radius 2 is 1.92 bits per heavy atom. The van der Waals surface area contributed by atoms with Crippen LogP contribution in [0.15, 0.2) is 42.6 Å². The van der Waals surface area contributed by atoms with Crippen LogP contribution in [0.5, 0.6) is 0 Å². The molecule has 2 aromatic rings. The van der Waals surface area contributed by atoms with Crippen molar-refractivity contribution in [3.05, 3.63) is 58.9 Å². The van der Waals surface area contributed by atoms with Crippen LogP contribution in [0.2, 0.25) is 5.02 Å². The number of carbonyl (C=O) groups excluding carboxylic acids is 1. The van der Waals surface area contributed by atoms with Gasteiger partial charge in [-0.1, -0.05) is 36.7 Å². The molecule has 0 aliphatic heterocycles. The lowest BCUT2D eigenvalue weighted by atomic mass is 9.94. The van der Waals surface area contributed by atoms with Gasteiger partial charge in [0.05, 0.1) is 12.0 Å². The maximum absolute atomic E-state index is 12.8. The Bertz CT molecular complexity index is 709. The van der Waals surface area contributed by atoms with Crippen LogP contribution < -0.4 is 0 Å². The predicted octanol–water partition coefficient (Wildman–Crippen LogP) is 5.19. The molecule has 0 bridgehead atoms. The van der Waals surface area contributed by atoms with Gasteiger partial charge in [-0.2, -0.15) is 0 Å². The summed E-state index contributed by atoms with van der Waals surface area (Å²) in [5.41, 5.74) is 1.60. The first-order valence-corrected chi connectivity index (χ1v) is 9.53. The molecule has 1 aromatic heterocycles. The fraction of sp³-hybridized carbons (Fsp3) is 0.450. The summed E-state index contributed by atoms with van der Waals surface area (Å²) in [5, 5.41) is 0.756. The van der Waals surface area contributed by atoms with Gasteiger partial charge >= 0.3 is 0 Å². The Hall–Kier alpha value is -1.45. The van der Waals surface area contributed by atoms with E-state index in [0.29, 0.717) is 19.0 Å². The Kier molecular flexibility index (Phi) is 6.97. The number of halogens is 2. The molecule has 0 aliphatic carbocycles. The van der Waals surface area contributed by atoms with E-state index in [1.165, 1.54) is 0 Å². The zero-order chi connectivity index (χ0) is 18.4. The van der Waals surface area contributed by atoms with Gasteiger partial charge in [-0.25, -0.2) is 0 Å². The summed E-state index contributed by atoms with van der Waals surface area (Å²) < 4.78 is 2.14. The van der Waals surface area contributed by atoms with E-state index in [9.17, 15) is 4.79 Å². The van der Waals surface area contributed by atoms with Crippen molar-refractivity contribution in [1.29, 1.82) is 0 Å². The Balaban J connectivity index is 2.20. The first kappa shape index (κ1) is 19.9. The number of benzene rings is 1. The summed E-state index contributed by atoms with van der Waals surface area (Å²) in [4.78, 5) is 14.8.